The molecule has 0 amide bonds. The molecule has 0 radical (unpaired) electrons. The summed E-state index contributed by atoms with van der Waals surface area (Å²) in [4.78, 5) is 25.5. The first kappa shape index (κ1) is 15.6. The molecular formula is C22H19NO2. The van der Waals surface area contributed by atoms with Gasteiger partial charge in [-0.2, -0.15) is 0 Å². The SMILES string of the molecule is CC(C)c1ccc(-c2cc(=O)n(C)c3c2C(=O)c2ccccc2-3)cc1. The summed E-state index contributed by atoms with van der Waals surface area (Å²) < 4.78 is 1.57. The lowest BCUT2D eigenvalue weighted by Gasteiger charge is -2.13. The van der Waals surface area contributed by atoms with E-state index in [1.54, 1.807) is 17.7 Å². The predicted octanol–water partition coefficient (Wildman–Crippen LogP) is 4.39. The van der Waals surface area contributed by atoms with Crippen LogP contribution in [-0.4, -0.2) is 10.4 Å². The van der Waals surface area contributed by atoms with Gasteiger partial charge in [0, 0.05) is 29.8 Å². The Balaban J connectivity index is 2.00. The van der Waals surface area contributed by atoms with E-state index in [1.165, 1.54) is 5.56 Å². The zero-order chi connectivity index (χ0) is 17.7. The third kappa shape index (κ3) is 2.27. The number of fused-ring (bicyclic) bond motifs is 3. The molecule has 0 fully saturated rings. The van der Waals surface area contributed by atoms with E-state index < -0.39 is 0 Å². The van der Waals surface area contributed by atoms with Gasteiger partial charge in [0.05, 0.1) is 11.3 Å². The van der Waals surface area contributed by atoms with Crippen LogP contribution < -0.4 is 5.56 Å². The van der Waals surface area contributed by atoms with E-state index in [9.17, 15) is 9.59 Å². The molecule has 3 nitrogen and oxygen atoms in total. The monoisotopic (exact) mass is 329 g/mol. The predicted molar refractivity (Wildman–Crippen MR) is 100 cm³/mol. The van der Waals surface area contributed by atoms with Crippen LogP contribution in [0.2, 0.25) is 0 Å². The van der Waals surface area contributed by atoms with E-state index >= 15 is 0 Å². The summed E-state index contributed by atoms with van der Waals surface area (Å²) in [6.45, 7) is 4.29. The molecule has 2 aromatic carbocycles. The third-order valence-corrected chi connectivity index (χ3v) is 4.98. The summed E-state index contributed by atoms with van der Waals surface area (Å²) in [7, 11) is 1.72. The van der Waals surface area contributed by atoms with Gasteiger partial charge in [-0.05, 0) is 17.0 Å². The summed E-state index contributed by atoms with van der Waals surface area (Å²) in [5.74, 6) is 0.429. The van der Waals surface area contributed by atoms with Crippen molar-refractivity contribution in [3.63, 3.8) is 0 Å². The van der Waals surface area contributed by atoms with Crippen molar-refractivity contribution in [1.29, 1.82) is 0 Å². The summed E-state index contributed by atoms with van der Waals surface area (Å²) >= 11 is 0. The van der Waals surface area contributed by atoms with Crippen LogP contribution in [-0.2, 0) is 7.05 Å². The highest BCUT2D eigenvalue weighted by molar-refractivity contribution is 6.24. The Morgan fingerprint density at radius 1 is 0.840 bits per heavy atom. The highest BCUT2D eigenvalue weighted by Crippen LogP contribution is 2.40. The van der Waals surface area contributed by atoms with Crippen LogP contribution in [0.1, 0.15) is 41.3 Å². The lowest BCUT2D eigenvalue weighted by Crippen LogP contribution is -2.19. The van der Waals surface area contributed by atoms with E-state index in [1.807, 2.05) is 36.4 Å². The minimum Gasteiger partial charge on any atom is -0.311 e. The Hall–Kier alpha value is -2.94. The third-order valence-electron chi connectivity index (χ3n) is 4.98. The largest absolute Gasteiger partial charge is 0.311 e. The van der Waals surface area contributed by atoms with Crippen molar-refractivity contribution in [2.24, 2.45) is 7.05 Å². The zero-order valence-electron chi connectivity index (χ0n) is 14.5. The Labute approximate surface area is 146 Å². The van der Waals surface area contributed by atoms with Crippen LogP contribution in [0.5, 0.6) is 0 Å². The number of benzene rings is 2. The Morgan fingerprint density at radius 3 is 2.12 bits per heavy atom. The zero-order valence-corrected chi connectivity index (χ0v) is 14.5. The van der Waals surface area contributed by atoms with E-state index in [0.717, 1.165) is 22.4 Å². The number of rotatable bonds is 2. The van der Waals surface area contributed by atoms with Gasteiger partial charge < -0.3 is 4.57 Å². The average Bonchev–Trinajstić information content (AvgIpc) is 2.92. The molecule has 0 spiro atoms. The quantitative estimate of drug-likeness (QED) is 0.547. The molecule has 1 aromatic heterocycles. The summed E-state index contributed by atoms with van der Waals surface area (Å²) in [5.41, 5.74) is 5.59. The van der Waals surface area contributed by atoms with Crippen molar-refractivity contribution >= 4 is 5.78 Å². The lowest BCUT2D eigenvalue weighted by molar-refractivity contribution is 0.104. The minimum absolute atomic E-state index is 0.0101. The van der Waals surface area contributed by atoms with Crippen LogP contribution in [0.4, 0.5) is 0 Å². The first-order valence-electron chi connectivity index (χ1n) is 8.47. The molecule has 1 aliphatic rings. The standard InChI is InChI=1S/C22H19NO2/c1-13(2)14-8-10-15(11-9-14)18-12-19(24)23(3)21-16-6-4-5-7-17(16)22(25)20(18)21/h4-13H,1-3H3. The van der Waals surface area contributed by atoms with E-state index in [-0.39, 0.29) is 11.3 Å². The smallest absolute Gasteiger partial charge is 0.251 e. The van der Waals surface area contributed by atoms with Crippen LogP contribution in [0.3, 0.4) is 0 Å². The van der Waals surface area contributed by atoms with Gasteiger partial charge in [0.2, 0.25) is 0 Å². The molecule has 4 rings (SSSR count). The second-order valence-electron chi connectivity index (χ2n) is 6.83. The van der Waals surface area contributed by atoms with Gasteiger partial charge in [0.15, 0.2) is 5.78 Å². The van der Waals surface area contributed by atoms with Crippen molar-refractivity contribution in [2.75, 3.05) is 0 Å². The number of ketones is 1. The number of aromatic nitrogens is 1. The van der Waals surface area contributed by atoms with Crippen molar-refractivity contribution < 1.29 is 4.79 Å². The fourth-order valence-electron chi connectivity index (χ4n) is 3.54. The van der Waals surface area contributed by atoms with Crippen LogP contribution >= 0.6 is 0 Å². The summed E-state index contributed by atoms with van der Waals surface area (Å²) in [6.07, 6.45) is 0. The van der Waals surface area contributed by atoms with Crippen molar-refractivity contribution in [3.05, 3.63) is 81.6 Å². The molecule has 1 heterocycles. The first-order valence-corrected chi connectivity index (χ1v) is 8.47. The molecule has 0 saturated carbocycles. The van der Waals surface area contributed by atoms with Crippen LogP contribution in [0.25, 0.3) is 22.4 Å². The van der Waals surface area contributed by atoms with Crippen LogP contribution in [0, 0.1) is 0 Å². The van der Waals surface area contributed by atoms with Gasteiger partial charge in [0.25, 0.3) is 5.56 Å². The maximum absolute atomic E-state index is 13.0. The topological polar surface area (TPSA) is 39.1 Å². The molecule has 0 unspecified atom stereocenters. The highest BCUT2D eigenvalue weighted by atomic mass is 16.1. The fourth-order valence-corrected chi connectivity index (χ4v) is 3.54. The lowest BCUT2D eigenvalue weighted by atomic mass is 9.95. The summed E-state index contributed by atoms with van der Waals surface area (Å²) in [6, 6.07) is 17.2. The second kappa shape index (κ2) is 5.55. The number of nitrogens with zero attached hydrogens (tertiary/aromatic N) is 1. The first-order chi connectivity index (χ1) is 12.0. The normalized spacial score (nSPS) is 12.4. The number of carbonyl (C=O) groups is 1. The van der Waals surface area contributed by atoms with Crippen LogP contribution in [0.15, 0.2) is 59.4 Å². The molecule has 124 valence electrons. The Bertz CT molecular complexity index is 1060. The fraction of sp³-hybridized carbons (Fsp3) is 0.182. The van der Waals surface area contributed by atoms with Gasteiger partial charge in [-0.1, -0.05) is 62.4 Å². The highest BCUT2D eigenvalue weighted by Gasteiger charge is 2.31. The molecule has 3 aromatic rings. The number of hydrogen-bond donors (Lipinski definition) is 0. The summed E-state index contributed by atoms with van der Waals surface area (Å²) in [5, 5.41) is 0. The number of carbonyl (C=O) groups excluding carboxylic acids is 1. The number of hydrogen-bond acceptors (Lipinski definition) is 2. The molecule has 0 atom stereocenters. The molecule has 25 heavy (non-hydrogen) atoms. The Morgan fingerprint density at radius 2 is 1.48 bits per heavy atom. The van der Waals surface area contributed by atoms with E-state index in [4.69, 9.17) is 0 Å². The minimum atomic E-state index is -0.105. The molecule has 0 saturated heterocycles. The maximum atomic E-state index is 13.0. The molecule has 1 aliphatic carbocycles. The van der Waals surface area contributed by atoms with Crippen molar-refractivity contribution in [3.8, 4) is 22.4 Å². The van der Waals surface area contributed by atoms with Crippen molar-refractivity contribution in [1.82, 2.24) is 4.57 Å². The van der Waals surface area contributed by atoms with Gasteiger partial charge in [-0.15, -0.1) is 0 Å². The molecule has 0 aliphatic heterocycles. The van der Waals surface area contributed by atoms with E-state index in [2.05, 4.69) is 26.0 Å². The van der Waals surface area contributed by atoms with Gasteiger partial charge in [0.1, 0.15) is 0 Å². The second-order valence-corrected chi connectivity index (χ2v) is 6.83. The van der Waals surface area contributed by atoms with Gasteiger partial charge in [-0.3, -0.25) is 9.59 Å². The molecule has 0 bridgehead atoms. The van der Waals surface area contributed by atoms with Gasteiger partial charge >= 0.3 is 0 Å². The maximum Gasteiger partial charge on any atom is 0.251 e. The van der Waals surface area contributed by atoms with Crippen molar-refractivity contribution in [2.45, 2.75) is 19.8 Å². The molecule has 3 heteroatoms. The molecule has 0 N–H and O–H groups in total. The molecular weight excluding hydrogens is 310 g/mol. The Kier molecular flexibility index (Phi) is 3.46. The van der Waals surface area contributed by atoms with Gasteiger partial charge in [-0.25, -0.2) is 0 Å². The van der Waals surface area contributed by atoms with E-state index in [0.29, 0.717) is 17.0 Å². The average molecular weight is 329 g/mol. The number of pyridine rings is 1.